The van der Waals surface area contributed by atoms with E-state index in [2.05, 4.69) is 20.4 Å². The van der Waals surface area contributed by atoms with Crippen LogP contribution < -0.4 is 10.2 Å². The summed E-state index contributed by atoms with van der Waals surface area (Å²) in [5.41, 5.74) is 0. The maximum Gasteiger partial charge on any atom is 0.322 e. The largest absolute Gasteiger partial charge is 0.322 e. The Bertz CT molecular complexity index is 314. The van der Waals surface area contributed by atoms with Gasteiger partial charge in [-0.15, -0.1) is 0 Å². The van der Waals surface area contributed by atoms with Gasteiger partial charge in [-0.2, -0.15) is 5.10 Å². The molecule has 0 radical (unpaired) electrons. The fourth-order valence-electron chi connectivity index (χ4n) is 1.39. The molecule has 1 saturated heterocycles. The predicted octanol–water partition coefficient (Wildman–Crippen LogP) is -0.763. The Morgan fingerprint density at radius 3 is 2.85 bits per heavy atom. The molecule has 0 aromatic carbocycles. The number of hydrogen-bond donors (Lipinski definition) is 2. The Morgan fingerprint density at radius 1 is 1.46 bits per heavy atom. The van der Waals surface area contributed by atoms with Crippen molar-refractivity contribution >= 4 is 11.3 Å². The first-order valence-corrected chi connectivity index (χ1v) is 5.14. The van der Waals surface area contributed by atoms with E-state index in [1.54, 1.807) is 0 Å². The Hall–Kier alpha value is -0.720. The van der Waals surface area contributed by atoms with Crippen LogP contribution in [0.25, 0.3) is 0 Å². The molecule has 0 spiro atoms. The van der Waals surface area contributed by atoms with Gasteiger partial charge in [0.15, 0.2) is 0 Å². The molecule has 0 aliphatic carbocycles. The van der Waals surface area contributed by atoms with Gasteiger partial charge in [-0.1, -0.05) is 11.3 Å². The third-order valence-electron chi connectivity index (χ3n) is 2.05. The minimum atomic E-state index is -0.0647. The van der Waals surface area contributed by atoms with Crippen LogP contribution >= 0.6 is 11.3 Å². The van der Waals surface area contributed by atoms with Gasteiger partial charge in [-0.3, -0.25) is 9.69 Å². The summed E-state index contributed by atoms with van der Waals surface area (Å²) in [5, 5.41) is 10.5. The lowest BCUT2D eigenvalue weighted by atomic mass is 10.4. The highest BCUT2D eigenvalue weighted by Crippen LogP contribution is 2.03. The summed E-state index contributed by atoms with van der Waals surface area (Å²) in [6, 6.07) is 0. The average molecular weight is 200 g/mol. The lowest BCUT2D eigenvalue weighted by Crippen LogP contribution is -2.42. The second-order valence-electron chi connectivity index (χ2n) is 3.03. The SMILES string of the molecule is O=c1[nH]nc(CN2CCNCC2)s1. The van der Waals surface area contributed by atoms with Crippen LogP contribution in [0.3, 0.4) is 0 Å². The standard InChI is InChI=1S/C7H12N4OS/c12-7-10-9-6(13-7)5-11-3-1-8-2-4-11/h8H,1-5H2,(H,10,12). The van der Waals surface area contributed by atoms with Crippen LogP contribution in [0, 0.1) is 0 Å². The van der Waals surface area contributed by atoms with Gasteiger partial charge >= 0.3 is 4.87 Å². The van der Waals surface area contributed by atoms with E-state index >= 15 is 0 Å². The van der Waals surface area contributed by atoms with Crippen LogP contribution in [0.5, 0.6) is 0 Å². The Morgan fingerprint density at radius 2 is 2.23 bits per heavy atom. The Labute approximate surface area is 79.8 Å². The lowest BCUT2D eigenvalue weighted by molar-refractivity contribution is 0.232. The van der Waals surface area contributed by atoms with Gasteiger partial charge < -0.3 is 5.32 Å². The van der Waals surface area contributed by atoms with Gasteiger partial charge in [-0.25, -0.2) is 5.10 Å². The summed E-state index contributed by atoms with van der Waals surface area (Å²) in [5.74, 6) is 0. The summed E-state index contributed by atoms with van der Waals surface area (Å²) in [6.45, 7) is 4.92. The van der Waals surface area contributed by atoms with Crippen molar-refractivity contribution in [1.82, 2.24) is 20.4 Å². The molecule has 6 heteroatoms. The van der Waals surface area contributed by atoms with Crippen molar-refractivity contribution in [3.8, 4) is 0 Å². The number of piperazine rings is 1. The minimum Gasteiger partial charge on any atom is -0.314 e. The summed E-state index contributed by atoms with van der Waals surface area (Å²) in [6.07, 6.45) is 0. The van der Waals surface area contributed by atoms with Gasteiger partial charge in [-0.05, 0) is 0 Å². The molecule has 0 saturated carbocycles. The zero-order valence-corrected chi connectivity index (χ0v) is 8.06. The molecule has 1 aromatic rings. The van der Waals surface area contributed by atoms with Gasteiger partial charge in [0.2, 0.25) is 0 Å². The van der Waals surface area contributed by atoms with Crippen molar-refractivity contribution in [2.75, 3.05) is 26.2 Å². The van der Waals surface area contributed by atoms with Crippen LogP contribution in [-0.2, 0) is 6.54 Å². The number of H-pyrrole nitrogens is 1. The molecular formula is C7H12N4OS. The van der Waals surface area contributed by atoms with Gasteiger partial charge in [0.25, 0.3) is 0 Å². The molecule has 2 heterocycles. The average Bonchev–Trinajstić information content (AvgIpc) is 2.53. The number of aromatic amines is 1. The maximum absolute atomic E-state index is 10.8. The first kappa shape index (κ1) is 8.86. The smallest absolute Gasteiger partial charge is 0.314 e. The molecule has 2 N–H and O–H groups in total. The number of aromatic nitrogens is 2. The number of rotatable bonds is 2. The van der Waals surface area contributed by atoms with E-state index in [1.165, 1.54) is 11.3 Å². The quantitative estimate of drug-likeness (QED) is 0.658. The predicted molar refractivity (Wildman–Crippen MR) is 50.9 cm³/mol. The first-order valence-electron chi connectivity index (χ1n) is 4.32. The van der Waals surface area contributed by atoms with E-state index < -0.39 is 0 Å². The normalized spacial score (nSPS) is 19.1. The molecule has 1 fully saturated rings. The van der Waals surface area contributed by atoms with Crippen LogP contribution in [-0.4, -0.2) is 41.3 Å². The van der Waals surface area contributed by atoms with E-state index in [0.29, 0.717) is 0 Å². The summed E-state index contributed by atoms with van der Waals surface area (Å²) < 4.78 is 0. The van der Waals surface area contributed by atoms with Crippen molar-refractivity contribution in [1.29, 1.82) is 0 Å². The number of hydrogen-bond acceptors (Lipinski definition) is 5. The molecule has 2 rings (SSSR count). The van der Waals surface area contributed by atoms with Crippen LogP contribution in [0.1, 0.15) is 5.01 Å². The maximum atomic E-state index is 10.8. The second kappa shape index (κ2) is 3.99. The molecule has 0 atom stereocenters. The monoisotopic (exact) mass is 200 g/mol. The van der Waals surface area contributed by atoms with Crippen LogP contribution in [0.4, 0.5) is 0 Å². The fourth-order valence-corrected chi connectivity index (χ4v) is 2.03. The fraction of sp³-hybridized carbons (Fsp3) is 0.714. The zero-order valence-electron chi connectivity index (χ0n) is 7.25. The van der Waals surface area contributed by atoms with E-state index in [9.17, 15) is 4.79 Å². The van der Waals surface area contributed by atoms with E-state index in [4.69, 9.17) is 0 Å². The minimum absolute atomic E-state index is 0.0647. The number of nitrogens with zero attached hydrogens (tertiary/aromatic N) is 2. The molecule has 13 heavy (non-hydrogen) atoms. The van der Waals surface area contributed by atoms with Gasteiger partial charge in [0.05, 0.1) is 6.54 Å². The molecule has 1 aromatic heterocycles. The molecule has 0 bridgehead atoms. The van der Waals surface area contributed by atoms with Crippen LogP contribution in [0.2, 0.25) is 0 Å². The zero-order chi connectivity index (χ0) is 9.10. The van der Waals surface area contributed by atoms with Crippen molar-refractivity contribution in [2.45, 2.75) is 6.54 Å². The van der Waals surface area contributed by atoms with E-state index in [1.807, 2.05) is 0 Å². The molecule has 1 aliphatic heterocycles. The summed E-state index contributed by atoms with van der Waals surface area (Å²) in [4.78, 5) is 13.0. The summed E-state index contributed by atoms with van der Waals surface area (Å²) in [7, 11) is 0. The molecule has 72 valence electrons. The Balaban J connectivity index is 1.93. The third-order valence-corrected chi connectivity index (χ3v) is 2.78. The Kier molecular flexibility index (Phi) is 2.72. The highest BCUT2D eigenvalue weighted by Gasteiger charge is 2.11. The molecular weight excluding hydrogens is 188 g/mol. The van der Waals surface area contributed by atoms with Gasteiger partial charge in [0, 0.05) is 26.2 Å². The van der Waals surface area contributed by atoms with E-state index in [-0.39, 0.29) is 4.87 Å². The van der Waals surface area contributed by atoms with E-state index in [0.717, 1.165) is 37.7 Å². The van der Waals surface area contributed by atoms with Crippen molar-refractivity contribution in [3.63, 3.8) is 0 Å². The highest BCUT2D eigenvalue weighted by molar-refractivity contribution is 7.08. The van der Waals surface area contributed by atoms with Gasteiger partial charge in [0.1, 0.15) is 5.01 Å². The molecule has 5 nitrogen and oxygen atoms in total. The number of nitrogens with one attached hydrogen (secondary N) is 2. The first-order chi connectivity index (χ1) is 6.34. The topological polar surface area (TPSA) is 61.0 Å². The summed E-state index contributed by atoms with van der Waals surface area (Å²) >= 11 is 1.20. The van der Waals surface area contributed by atoms with Crippen LogP contribution in [0.15, 0.2) is 4.79 Å². The van der Waals surface area contributed by atoms with Crippen molar-refractivity contribution < 1.29 is 0 Å². The molecule has 1 aliphatic rings. The molecule has 0 unspecified atom stereocenters. The van der Waals surface area contributed by atoms with Crippen molar-refractivity contribution in [3.05, 3.63) is 14.7 Å². The highest BCUT2D eigenvalue weighted by atomic mass is 32.1. The third kappa shape index (κ3) is 2.36. The molecule has 0 amide bonds. The lowest BCUT2D eigenvalue weighted by Gasteiger charge is -2.25. The van der Waals surface area contributed by atoms with Crippen molar-refractivity contribution in [2.24, 2.45) is 0 Å². The second-order valence-corrected chi connectivity index (χ2v) is 4.08.